The standard InChI is InChI=1S/C15H19N2O4P/c1-11(17(19)20)9-12-3-4-14-13(10-12)5-7-16(14)6-2-8-21-15(18)22/h3-4,9-10H,2,5-8,22H2,1H3/b11-9-. The van der Waals surface area contributed by atoms with Crippen molar-refractivity contribution in [2.45, 2.75) is 19.8 Å². The Kier molecular flexibility index (Phi) is 5.50. The quantitative estimate of drug-likeness (QED) is 0.348. The van der Waals surface area contributed by atoms with Gasteiger partial charge in [-0.2, -0.15) is 0 Å². The van der Waals surface area contributed by atoms with Crippen LogP contribution in [0.1, 0.15) is 24.5 Å². The predicted octanol–water partition coefficient (Wildman–Crippen LogP) is 3.09. The Morgan fingerprint density at radius 1 is 1.55 bits per heavy atom. The zero-order chi connectivity index (χ0) is 16.1. The summed E-state index contributed by atoms with van der Waals surface area (Å²) in [4.78, 5) is 23.2. The zero-order valence-corrected chi connectivity index (χ0v) is 13.6. The summed E-state index contributed by atoms with van der Waals surface area (Å²) < 4.78 is 4.90. The highest BCUT2D eigenvalue weighted by Gasteiger charge is 2.18. The van der Waals surface area contributed by atoms with E-state index in [1.165, 1.54) is 12.5 Å². The normalized spacial score (nSPS) is 13.9. The van der Waals surface area contributed by atoms with Crippen LogP contribution in [-0.4, -0.2) is 30.3 Å². The van der Waals surface area contributed by atoms with E-state index in [1.54, 1.807) is 6.08 Å². The number of hydrogen-bond donors (Lipinski definition) is 0. The van der Waals surface area contributed by atoms with Gasteiger partial charge in [-0.3, -0.25) is 10.1 Å². The highest BCUT2D eigenvalue weighted by molar-refractivity contribution is 7.39. The molecule has 2 rings (SSSR count). The maximum atomic E-state index is 10.7. The Hall–Kier alpha value is -1.94. The van der Waals surface area contributed by atoms with Gasteiger partial charge in [0.15, 0.2) is 0 Å². The number of nitrogens with zero attached hydrogens (tertiary/aromatic N) is 2. The Morgan fingerprint density at radius 2 is 2.32 bits per heavy atom. The second-order valence-corrected chi connectivity index (χ2v) is 5.66. The van der Waals surface area contributed by atoms with Crippen molar-refractivity contribution in [3.05, 3.63) is 45.1 Å². The molecule has 0 amide bonds. The van der Waals surface area contributed by atoms with Gasteiger partial charge in [-0.15, -0.1) is 0 Å². The molecule has 1 aromatic carbocycles. The summed E-state index contributed by atoms with van der Waals surface area (Å²) in [5.74, 6) is 0. The fourth-order valence-electron chi connectivity index (χ4n) is 2.53. The molecular formula is C15H19N2O4P. The Bertz CT molecular complexity index is 616. The van der Waals surface area contributed by atoms with Gasteiger partial charge < -0.3 is 9.64 Å². The van der Waals surface area contributed by atoms with Gasteiger partial charge in [-0.1, -0.05) is 6.07 Å². The summed E-state index contributed by atoms with van der Waals surface area (Å²) in [5, 5.41) is 10.7. The van der Waals surface area contributed by atoms with Crippen molar-refractivity contribution in [1.82, 2.24) is 0 Å². The van der Waals surface area contributed by atoms with Gasteiger partial charge in [0, 0.05) is 31.8 Å². The zero-order valence-electron chi connectivity index (χ0n) is 12.4. The number of anilines is 1. The smallest absolute Gasteiger partial charge is 0.319 e. The van der Waals surface area contributed by atoms with E-state index in [2.05, 4.69) is 4.90 Å². The van der Waals surface area contributed by atoms with Gasteiger partial charge in [0.1, 0.15) is 0 Å². The van der Waals surface area contributed by atoms with Crippen LogP contribution in [0.15, 0.2) is 23.9 Å². The third-order valence-electron chi connectivity index (χ3n) is 3.58. The molecule has 1 heterocycles. The van der Waals surface area contributed by atoms with E-state index in [-0.39, 0.29) is 16.3 Å². The number of allylic oxidation sites excluding steroid dienone is 1. The molecule has 1 aromatic rings. The lowest BCUT2D eigenvalue weighted by Gasteiger charge is -2.19. The van der Waals surface area contributed by atoms with Crippen LogP contribution < -0.4 is 4.90 Å². The number of carbonyl (C=O) groups excluding carboxylic acids is 1. The SMILES string of the molecule is C/C(=C/c1ccc2c(c1)CCN2CCCOC(=O)P)[N+](=O)[O-]. The minimum atomic E-state index is -0.382. The van der Waals surface area contributed by atoms with Crippen molar-refractivity contribution in [3.63, 3.8) is 0 Å². The summed E-state index contributed by atoms with van der Waals surface area (Å²) in [5.41, 5.74) is 3.02. The van der Waals surface area contributed by atoms with E-state index in [9.17, 15) is 14.9 Å². The molecule has 0 N–H and O–H groups in total. The molecule has 0 bridgehead atoms. The second-order valence-electron chi connectivity index (χ2n) is 5.19. The van der Waals surface area contributed by atoms with Crippen LogP contribution in [-0.2, 0) is 11.2 Å². The van der Waals surface area contributed by atoms with Crippen LogP contribution in [0.2, 0.25) is 0 Å². The summed E-state index contributed by atoms with van der Waals surface area (Å²) in [6.07, 6.45) is 3.29. The average molecular weight is 322 g/mol. The van der Waals surface area contributed by atoms with Gasteiger partial charge in [0.2, 0.25) is 5.70 Å². The van der Waals surface area contributed by atoms with E-state index < -0.39 is 0 Å². The first-order valence-electron chi connectivity index (χ1n) is 7.10. The molecule has 0 aliphatic carbocycles. The van der Waals surface area contributed by atoms with E-state index >= 15 is 0 Å². The van der Waals surface area contributed by atoms with Gasteiger partial charge in [-0.25, -0.2) is 4.79 Å². The van der Waals surface area contributed by atoms with Crippen LogP contribution >= 0.6 is 9.24 Å². The topological polar surface area (TPSA) is 72.7 Å². The third kappa shape index (κ3) is 4.28. The average Bonchev–Trinajstić information content (AvgIpc) is 2.85. The molecule has 0 saturated heterocycles. The highest BCUT2D eigenvalue weighted by atomic mass is 31.0. The van der Waals surface area contributed by atoms with Crippen molar-refractivity contribution in [2.75, 3.05) is 24.6 Å². The van der Waals surface area contributed by atoms with Crippen molar-refractivity contribution in [2.24, 2.45) is 0 Å². The Balaban J connectivity index is 2.00. The first kappa shape index (κ1) is 16.4. The molecule has 0 radical (unpaired) electrons. The van der Waals surface area contributed by atoms with Crippen LogP contribution in [0.3, 0.4) is 0 Å². The number of rotatable bonds is 6. The van der Waals surface area contributed by atoms with Crippen LogP contribution in [0.25, 0.3) is 6.08 Å². The van der Waals surface area contributed by atoms with E-state index in [0.29, 0.717) is 6.61 Å². The molecule has 6 nitrogen and oxygen atoms in total. The lowest BCUT2D eigenvalue weighted by molar-refractivity contribution is -0.422. The molecule has 0 fully saturated rings. The van der Waals surface area contributed by atoms with Gasteiger partial charge in [0.25, 0.3) is 0 Å². The molecule has 0 saturated carbocycles. The number of hydrogen-bond acceptors (Lipinski definition) is 5. The van der Waals surface area contributed by atoms with Gasteiger partial charge in [0.05, 0.1) is 11.5 Å². The molecule has 1 unspecified atom stereocenters. The Morgan fingerprint density at radius 3 is 3.00 bits per heavy atom. The number of nitro groups is 1. The molecule has 118 valence electrons. The third-order valence-corrected chi connectivity index (χ3v) is 3.74. The fraction of sp³-hybridized carbons (Fsp3) is 0.400. The number of benzene rings is 1. The summed E-state index contributed by atoms with van der Waals surface area (Å²) in [6, 6.07) is 5.90. The van der Waals surface area contributed by atoms with Gasteiger partial charge >= 0.3 is 5.71 Å². The number of ether oxygens (including phenoxy) is 1. The largest absolute Gasteiger partial charge is 0.463 e. The molecule has 22 heavy (non-hydrogen) atoms. The molecule has 1 aliphatic rings. The predicted molar refractivity (Wildman–Crippen MR) is 88.7 cm³/mol. The number of fused-ring (bicyclic) bond motifs is 1. The lowest BCUT2D eigenvalue weighted by atomic mass is 10.1. The molecule has 1 atom stereocenters. The first-order chi connectivity index (χ1) is 10.5. The summed E-state index contributed by atoms with van der Waals surface area (Å²) >= 11 is 0. The maximum absolute atomic E-state index is 10.7. The first-order valence-corrected chi connectivity index (χ1v) is 7.68. The van der Waals surface area contributed by atoms with Crippen LogP contribution in [0.4, 0.5) is 10.5 Å². The van der Waals surface area contributed by atoms with E-state index in [0.717, 1.165) is 37.2 Å². The monoisotopic (exact) mass is 322 g/mol. The van der Waals surface area contributed by atoms with E-state index in [4.69, 9.17) is 4.74 Å². The van der Waals surface area contributed by atoms with Crippen molar-refractivity contribution in [1.29, 1.82) is 0 Å². The maximum Gasteiger partial charge on any atom is 0.319 e. The molecule has 0 aromatic heterocycles. The van der Waals surface area contributed by atoms with Gasteiger partial charge in [-0.05, 0) is 45.3 Å². The molecule has 7 heteroatoms. The van der Waals surface area contributed by atoms with E-state index in [1.807, 2.05) is 27.4 Å². The summed E-state index contributed by atoms with van der Waals surface area (Å²) in [7, 11) is 1.99. The van der Waals surface area contributed by atoms with Crippen molar-refractivity contribution >= 4 is 26.7 Å². The second kappa shape index (κ2) is 7.36. The molecule has 1 aliphatic heterocycles. The van der Waals surface area contributed by atoms with Crippen LogP contribution in [0, 0.1) is 10.1 Å². The minimum absolute atomic E-state index is 0.133. The molecular weight excluding hydrogens is 303 g/mol. The highest BCUT2D eigenvalue weighted by Crippen LogP contribution is 2.29. The minimum Gasteiger partial charge on any atom is -0.463 e. The fourth-order valence-corrected chi connectivity index (χ4v) is 2.65. The van der Waals surface area contributed by atoms with Crippen molar-refractivity contribution < 1.29 is 14.5 Å². The van der Waals surface area contributed by atoms with Crippen molar-refractivity contribution in [3.8, 4) is 0 Å². The van der Waals surface area contributed by atoms with Crippen LogP contribution in [0.5, 0.6) is 0 Å². The summed E-state index contributed by atoms with van der Waals surface area (Å²) in [6.45, 7) is 3.66. The number of carbonyl (C=O) groups is 1. The molecule has 0 spiro atoms. The Labute approximate surface area is 131 Å². The lowest BCUT2D eigenvalue weighted by Crippen LogP contribution is -2.22.